The van der Waals surface area contributed by atoms with Crippen LogP contribution >= 0.6 is 11.8 Å². The highest BCUT2D eigenvalue weighted by atomic mass is 32.2. The molecule has 0 saturated carbocycles. The number of nitrogens with zero attached hydrogens (tertiary/aromatic N) is 2. The summed E-state index contributed by atoms with van der Waals surface area (Å²) >= 11 is 0.991. The average molecular weight is 374 g/mol. The molecule has 1 unspecified atom stereocenters. The second-order valence-corrected chi connectivity index (χ2v) is 8.92. The Kier molecular flexibility index (Phi) is 4.56. The van der Waals surface area contributed by atoms with E-state index in [0.717, 1.165) is 17.8 Å². The van der Waals surface area contributed by atoms with Crippen molar-refractivity contribution in [2.45, 2.75) is 23.0 Å². The molecule has 0 N–H and O–H groups in total. The molecule has 0 aliphatic carbocycles. The van der Waals surface area contributed by atoms with Crippen molar-refractivity contribution < 1.29 is 21.6 Å². The Balaban J connectivity index is 1.96. The zero-order valence-corrected chi connectivity index (χ0v) is 14.0. The highest BCUT2D eigenvalue weighted by molar-refractivity contribution is 8.01. The van der Waals surface area contributed by atoms with E-state index in [9.17, 15) is 21.6 Å². The molecule has 2 heterocycles. The van der Waals surface area contributed by atoms with E-state index in [1.165, 1.54) is 0 Å². The van der Waals surface area contributed by atoms with E-state index in [1.54, 1.807) is 30.3 Å². The van der Waals surface area contributed by atoms with Gasteiger partial charge in [0.2, 0.25) is 0 Å². The number of thioether (sulfide) groups is 1. The maximum absolute atomic E-state index is 13.1. The van der Waals surface area contributed by atoms with Crippen LogP contribution in [0.1, 0.15) is 12.1 Å². The van der Waals surface area contributed by atoms with Gasteiger partial charge >= 0.3 is 6.18 Å². The van der Waals surface area contributed by atoms with Crippen LogP contribution in [0.2, 0.25) is 0 Å². The van der Waals surface area contributed by atoms with E-state index in [2.05, 4.69) is 9.97 Å². The predicted molar refractivity (Wildman–Crippen MR) is 85.4 cm³/mol. The molecule has 0 spiro atoms. The van der Waals surface area contributed by atoms with Gasteiger partial charge in [0.15, 0.2) is 15.0 Å². The van der Waals surface area contributed by atoms with Gasteiger partial charge < -0.3 is 0 Å². The van der Waals surface area contributed by atoms with Crippen LogP contribution in [0, 0.1) is 0 Å². The molecule has 0 radical (unpaired) electrons. The van der Waals surface area contributed by atoms with Crippen LogP contribution in [0.3, 0.4) is 0 Å². The van der Waals surface area contributed by atoms with Gasteiger partial charge in [-0.25, -0.2) is 18.4 Å². The molecule has 0 bridgehead atoms. The van der Waals surface area contributed by atoms with Crippen molar-refractivity contribution in [3.05, 3.63) is 42.1 Å². The van der Waals surface area contributed by atoms with Crippen LogP contribution in [0.5, 0.6) is 0 Å². The van der Waals surface area contributed by atoms with Gasteiger partial charge in [0, 0.05) is 10.8 Å². The van der Waals surface area contributed by atoms with Crippen molar-refractivity contribution >= 4 is 21.6 Å². The fraction of sp³-hybridized carbons (Fsp3) is 0.333. The lowest BCUT2D eigenvalue weighted by molar-refractivity contribution is -0.141. The van der Waals surface area contributed by atoms with Crippen LogP contribution in [0.25, 0.3) is 11.3 Å². The summed E-state index contributed by atoms with van der Waals surface area (Å²) in [5.41, 5.74) is -0.313. The molecule has 1 aliphatic heterocycles. The smallest absolute Gasteiger partial charge is 0.229 e. The van der Waals surface area contributed by atoms with Crippen molar-refractivity contribution in [3.63, 3.8) is 0 Å². The number of hydrogen-bond donors (Lipinski definition) is 0. The minimum atomic E-state index is -4.59. The lowest BCUT2D eigenvalue weighted by atomic mass is 10.1. The monoisotopic (exact) mass is 374 g/mol. The van der Waals surface area contributed by atoms with Crippen molar-refractivity contribution in [2.24, 2.45) is 0 Å². The molecule has 1 atom stereocenters. The molecular formula is C15H13F3N2O2S2. The summed E-state index contributed by atoms with van der Waals surface area (Å²) in [6.45, 7) is 0. The molecule has 4 nitrogen and oxygen atoms in total. The molecule has 1 aromatic carbocycles. The number of sulfone groups is 1. The Morgan fingerprint density at radius 2 is 1.83 bits per heavy atom. The molecule has 1 aliphatic rings. The van der Waals surface area contributed by atoms with Gasteiger partial charge in [0.25, 0.3) is 0 Å². The summed E-state index contributed by atoms with van der Waals surface area (Å²) in [4.78, 5) is 7.76. The van der Waals surface area contributed by atoms with Gasteiger partial charge in [-0.15, -0.1) is 0 Å². The predicted octanol–water partition coefficient (Wildman–Crippen LogP) is 3.44. The third kappa shape index (κ3) is 4.07. The maximum atomic E-state index is 13.1. The van der Waals surface area contributed by atoms with E-state index in [4.69, 9.17) is 0 Å². The van der Waals surface area contributed by atoms with Gasteiger partial charge in [-0.2, -0.15) is 13.2 Å². The topological polar surface area (TPSA) is 59.9 Å². The first kappa shape index (κ1) is 17.2. The number of aromatic nitrogens is 2. The number of rotatable bonds is 3. The molecule has 0 amide bonds. The van der Waals surface area contributed by atoms with E-state index >= 15 is 0 Å². The molecule has 1 fully saturated rings. The molecule has 24 heavy (non-hydrogen) atoms. The molecule has 2 aromatic rings. The van der Waals surface area contributed by atoms with Gasteiger partial charge in [-0.3, -0.25) is 0 Å². The second-order valence-electron chi connectivity index (χ2n) is 5.43. The zero-order valence-electron chi connectivity index (χ0n) is 12.3. The Bertz CT molecular complexity index is 840. The summed E-state index contributed by atoms with van der Waals surface area (Å²) in [5, 5.41) is -0.368. The van der Waals surface area contributed by atoms with Crippen LogP contribution in [0.15, 0.2) is 41.6 Å². The lowest BCUT2D eigenvalue weighted by Gasteiger charge is -2.12. The van der Waals surface area contributed by atoms with Crippen LogP contribution < -0.4 is 0 Å². The van der Waals surface area contributed by atoms with Crippen LogP contribution in [0.4, 0.5) is 13.2 Å². The Labute approximate surface area is 141 Å². The summed E-state index contributed by atoms with van der Waals surface area (Å²) in [6, 6.07) is 9.41. The van der Waals surface area contributed by atoms with E-state index in [1.807, 2.05) is 0 Å². The molecule has 1 aromatic heterocycles. The maximum Gasteiger partial charge on any atom is 0.433 e. The number of benzene rings is 1. The average Bonchev–Trinajstić information content (AvgIpc) is 2.86. The standard InChI is InChI=1S/C15H13F3N2O2S2/c16-15(17,18)13-8-12(10-4-2-1-3-5-10)19-14(20-13)23-11-6-7-24(21,22)9-11/h1-5,8,11H,6-7,9H2. The first-order valence-electron chi connectivity index (χ1n) is 7.12. The third-order valence-electron chi connectivity index (χ3n) is 3.53. The van der Waals surface area contributed by atoms with Crippen molar-refractivity contribution in [1.82, 2.24) is 9.97 Å². The molecule has 9 heteroatoms. The molecule has 3 rings (SSSR count). The Morgan fingerprint density at radius 3 is 2.42 bits per heavy atom. The summed E-state index contributed by atoms with van der Waals surface area (Å²) in [7, 11) is -3.11. The normalized spacial score (nSPS) is 20.2. The summed E-state index contributed by atoms with van der Waals surface area (Å²) in [5.74, 6) is -0.00683. The highest BCUT2D eigenvalue weighted by Gasteiger charge is 2.35. The molecule has 128 valence electrons. The largest absolute Gasteiger partial charge is 0.433 e. The van der Waals surface area contributed by atoms with E-state index in [0.29, 0.717) is 12.0 Å². The number of halogens is 3. The summed E-state index contributed by atoms with van der Waals surface area (Å²) < 4.78 is 62.3. The number of hydrogen-bond acceptors (Lipinski definition) is 5. The van der Waals surface area contributed by atoms with Gasteiger partial charge in [-0.05, 0) is 12.5 Å². The molecule has 1 saturated heterocycles. The van der Waals surface area contributed by atoms with Crippen LogP contribution in [-0.2, 0) is 16.0 Å². The fourth-order valence-corrected chi connectivity index (χ4v) is 5.81. The van der Waals surface area contributed by atoms with Crippen LogP contribution in [-0.4, -0.2) is 35.1 Å². The van der Waals surface area contributed by atoms with Gasteiger partial charge in [0.1, 0.15) is 5.69 Å². The molecular weight excluding hydrogens is 361 g/mol. The fourth-order valence-electron chi connectivity index (χ4n) is 2.38. The van der Waals surface area contributed by atoms with Crippen molar-refractivity contribution in [3.8, 4) is 11.3 Å². The van der Waals surface area contributed by atoms with Crippen molar-refractivity contribution in [1.29, 1.82) is 0 Å². The summed E-state index contributed by atoms with van der Waals surface area (Å²) in [6.07, 6.45) is -4.20. The zero-order chi connectivity index (χ0) is 17.4. The lowest BCUT2D eigenvalue weighted by Crippen LogP contribution is -2.12. The van der Waals surface area contributed by atoms with Gasteiger partial charge in [-0.1, -0.05) is 42.1 Å². The first-order valence-corrected chi connectivity index (χ1v) is 9.82. The Morgan fingerprint density at radius 1 is 1.12 bits per heavy atom. The van der Waals surface area contributed by atoms with E-state index < -0.39 is 21.7 Å². The minimum Gasteiger partial charge on any atom is -0.229 e. The quantitative estimate of drug-likeness (QED) is 0.771. The number of alkyl halides is 3. The highest BCUT2D eigenvalue weighted by Crippen LogP contribution is 2.34. The minimum absolute atomic E-state index is 0.0502. The Hall–Kier alpha value is -1.61. The van der Waals surface area contributed by atoms with E-state index in [-0.39, 0.29) is 27.6 Å². The SMILES string of the molecule is O=S1(=O)CCC(Sc2nc(-c3ccccc3)cc(C(F)(F)F)n2)C1. The van der Waals surface area contributed by atoms with Gasteiger partial charge in [0.05, 0.1) is 17.2 Å². The van der Waals surface area contributed by atoms with Crippen molar-refractivity contribution in [2.75, 3.05) is 11.5 Å². The third-order valence-corrected chi connectivity index (χ3v) is 6.64. The first-order chi connectivity index (χ1) is 11.2. The second kappa shape index (κ2) is 6.36.